The minimum atomic E-state index is -0.417. The van der Waals surface area contributed by atoms with Gasteiger partial charge in [0.1, 0.15) is 11.9 Å². The maximum Gasteiger partial charge on any atom is 0.254 e. The van der Waals surface area contributed by atoms with E-state index >= 15 is 0 Å². The summed E-state index contributed by atoms with van der Waals surface area (Å²) < 4.78 is 13.3. The molecule has 5 nitrogen and oxygen atoms in total. The highest BCUT2D eigenvalue weighted by molar-refractivity contribution is 5.94. The molecule has 1 aromatic heterocycles. The molecule has 1 aliphatic rings. The lowest BCUT2D eigenvalue weighted by atomic mass is 10.1. The van der Waals surface area contributed by atoms with Crippen molar-refractivity contribution in [1.29, 1.82) is 5.26 Å². The quantitative estimate of drug-likeness (QED) is 0.851. The highest BCUT2D eigenvalue weighted by Gasteiger charge is 2.21. The van der Waals surface area contributed by atoms with Crippen LogP contribution in [0.15, 0.2) is 42.7 Å². The van der Waals surface area contributed by atoms with Crippen molar-refractivity contribution in [1.82, 2.24) is 9.88 Å². The molecule has 0 spiro atoms. The fourth-order valence-corrected chi connectivity index (χ4v) is 2.91. The molecule has 0 atom stereocenters. The van der Waals surface area contributed by atoms with Crippen LogP contribution in [0.25, 0.3) is 0 Å². The number of pyridine rings is 1. The Morgan fingerprint density at radius 2 is 1.92 bits per heavy atom. The van der Waals surface area contributed by atoms with Crippen LogP contribution in [0.4, 0.5) is 10.1 Å². The van der Waals surface area contributed by atoms with Gasteiger partial charge in [0.05, 0.1) is 11.3 Å². The molecule has 1 saturated heterocycles. The molecule has 2 aromatic rings. The van der Waals surface area contributed by atoms with Crippen molar-refractivity contribution in [3.05, 3.63) is 59.7 Å². The molecule has 1 fully saturated rings. The fraction of sp³-hybridized carbons (Fsp3) is 0.278. The highest BCUT2D eigenvalue weighted by atomic mass is 19.1. The molecule has 0 bridgehead atoms. The van der Waals surface area contributed by atoms with Gasteiger partial charge in [-0.2, -0.15) is 5.26 Å². The largest absolute Gasteiger partial charge is 0.369 e. The number of carbonyl (C=O) groups excluding carboxylic acids is 1. The van der Waals surface area contributed by atoms with Crippen LogP contribution in [0.5, 0.6) is 0 Å². The lowest BCUT2D eigenvalue weighted by molar-refractivity contribution is 0.0767. The van der Waals surface area contributed by atoms with Crippen molar-refractivity contribution < 1.29 is 9.18 Å². The van der Waals surface area contributed by atoms with Crippen LogP contribution >= 0.6 is 0 Å². The van der Waals surface area contributed by atoms with Crippen molar-refractivity contribution >= 4 is 11.6 Å². The summed E-state index contributed by atoms with van der Waals surface area (Å²) in [4.78, 5) is 20.3. The summed E-state index contributed by atoms with van der Waals surface area (Å²) in [5, 5.41) is 9.22. The van der Waals surface area contributed by atoms with Gasteiger partial charge in [0.25, 0.3) is 5.91 Å². The number of carbonyl (C=O) groups is 1. The van der Waals surface area contributed by atoms with Crippen molar-refractivity contribution in [2.75, 3.05) is 31.1 Å². The summed E-state index contributed by atoms with van der Waals surface area (Å²) in [6.07, 6.45) is 4.00. The molecule has 0 saturated carbocycles. The van der Waals surface area contributed by atoms with Gasteiger partial charge in [-0.3, -0.25) is 9.78 Å². The Morgan fingerprint density at radius 3 is 2.67 bits per heavy atom. The number of aromatic nitrogens is 1. The zero-order chi connectivity index (χ0) is 16.9. The molecule has 0 radical (unpaired) electrons. The van der Waals surface area contributed by atoms with Crippen molar-refractivity contribution in [2.45, 2.75) is 6.42 Å². The Labute approximate surface area is 139 Å². The second-order valence-corrected chi connectivity index (χ2v) is 5.64. The average molecular weight is 324 g/mol. The van der Waals surface area contributed by atoms with Gasteiger partial charge in [0.2, 0.25) is 0 Å². The van der Waals surface area contributed by atoms with Gasteiger partial charge < -0.3 is 9.80 Å². The van der Waals surface area contributed by atoms with Crippen molar-refractivity contribution in [2.24, 2.45) is 0 Å². The molecule has 1 aliphatic heterocycles. The van der Waals surface area contributed by atoms with Crippen LogP contribution in [-0.4, -0.2) is 42.0 Å². The standard InChI is InChI=1S/C18H17FN4O/c19-16-2-3-17(15(12-16)13-20)22-8-1-9-23(11-10-22)18(24)14-4-6-21-7-5-14/h2-7,12H,1,8-11H2. The van der Waals surface area contributed by atoms with Crippen LogP contribution < -0.4 is 4.90 Å². The molecule has 3 rings (SSSR count). The summed E-state index contributed by atoms with van der Waals surface area (Å²) >= 11 is 0. The maximum atomic E-state index is 13.3. The van der Waals surface area contributed by atoms with Crippen LogP contribution in [0.2, 0.25) is 0 Å². The summed E-state index contributed by atoms with van der Waals surface area (Å²) in [6.45, 7) is 2.54. The predicted molar refractivity (Wildman–Crippen MR) is 88.1 cm³/mol. The number of nitrogens with zero attached hydrogens (tertiary/aromatic N) is 4. The summed E-state index contributed by atoms with van der Waals surface area (Å²) in [7, 11) is 0. The van der Waals surface area contributed by atoms with Gasteiger partial charge >= 0.3 is 0 Å². The Morgan fingerprint density at radius 1 is 1.12 bits per heavy atom. The van der Waals surface area contributed by atoms with Gasteiger partial charge in [-0.05, 0) is 36.8 Å². The Kier molecular flexibility index (Phi) is 4.71. The summed E-state index contributed by atoms with van der Waals surface area (Å²) in [5.74, 6) is -0.432. The average Bonchev–Trinajstić information content (AvgIpc) is 2.88. The summed E-state index contributed by atoms with van der Waals surface area (Å²) in [6, 6.07) is 9.70. The lowest BCUT2D eigenvalue weighted by Crippen LogP contribution is -2.35. The number of nitriles is 1. The first kappa shape index (κ1) is 15.9. The van der Waals surface area contributed by atoms with Crippen LogP contribution in [0, 0.1) is 17.1 Å². The van der Waals surface area contributed by atoms with E-state index in [9.17, 15) is 14.4 Å². The summed E-state index contributed by atoms with van der Waals surface area (Å²) in [5.41, 5.74) is 1.67. The number of halogens is 1. The molecule has 122 valence electrons. The number of hydrogen-bond donors (Lipinski definition) is 0. The van der Waals surface area contributed by atoms with E-state index in [4.69, 9.17) is 0 Å². The smallest absolute Gasteiger partial charge is 0.254 e. The first-order chi connectivity index (χ1) is 11.7. The number of rotatable bonds is 2. The third-order valence-corrected chi connectivity index (χ3v) is 4.13. The van der Waals surface area contributed by atoms with Gasteiger partial charge in [-0.15, -0.1) is 0 Å². The molecule has 6 heteroatoms. The van der Waals surface area contributed by atoms with Crippen molar-refractivity contribution in [3.63, 3.8) is 0 Å². The SMILES string of the molecule is N#Cc1cc(F)ccc1N1CCCN(C(=O)c2ccncc2)CC1. The van der Waals surface area contributed by atoms with E-state index in [0.717, 1.165) is 18.7 Å². The fourth-order valence-electron chi connectivity index (χ4n) is 2.91. The molecule has 2 heterocycles. The highest BCUT2D eigenvalue weighted by Crippen LogP contribution is 2.22. The van der Waals surface area contributed by atoms with E-state index in [1.807, 2.05) is 15.9 Å². The number of hydrogen-bond acceptors (Lipinski definition) is 4. The first-order valence-electron chi connectivity index (χ1n) is 7.83. The topological polar surface area (TPSA) is 60.2 Å². The second kappa shape index (κ2) is 7.09. The van der Waals surface area contributed by atoms with E-state index in [1.54, 1.807) is 30.6 Å². The Hall–Kier alpha value is -2.94. The lowest BCUT2D eigenvalue weighted by Gasteiger charge is -2.24. The van der Waals surface area contributed by atoms with Gasteiger partial charge in [-0.1, -0.05) is 0 Å². The van der Waals surface area contributed by atoms with Crippen LogP contribution in [-0.2, 0) is 0 Å². The molecule has 1 amide bonds. The molecule has 1 aromatic carbocycles. The third kappa shape index (κ3) is 3.35. The number of amides is 1. The first-order valence-corrected chi connectivity index (χ1v) is 7.83. The Bertz CT molecular complexity index is 772. The van der Waals surface area contributed by atoms with Crippen LogP contribution in [0.1, 0.15) is 22.3 Å². The normalized spacial score (nSPS) is 14.8. The molecule has 0 unspecified atom stereocenters. The van der Waals surface area contributed by atoms with E-state index < -0.39 is 5.82 Å². The van der Waals surface area contributed by atoms with E-state index in [-0.39, 0.29) is 5.91 Å². The molecule has 24 heavy (non-hydrogen) atoms. The molecular formula is C18H17FN4O. The molecule has 0 N–H and O–H groups in total. The van der Waals surface area contributed by atoms with E-state index in [0.29, 0.717) is 30.8 Å². The zero-order valence-electron chi connectivity index (χ0n) is 13.2. The van der Waals surface area contributed by atoms with Gasteiger partial charge in [0, 0.05) is 44.1 Å². The van der Waals surface area contributed by atoms with Crippen LogP contribution in [0.3, 0.4) is 0 Å². The second-order valence-electron chi connectivity index (χ2n) is 5.64. The number of anilines is 1. The molecular weight excluding hydrogens is 307 g/mol. The number of benzene rings is 1. The molecule has 0 aliphatic carbocycles. The monoisotopic (exact) mass is 324 g/mol. The maximum absolute atomic E-state index is 13.3. The zero-order valence-corrected chi connectivity index (χ0v) is 13.2. The minimum absolute atomic E-state index is 0.0149. The van der Waals surface area contributed by atoms with Gasteiger partial charge in [0.15, 0.2) is 0 Å². The predicted octanol–water partition coefficient (Wildman–Crippen LogP) is 2.44. The third-order valence-electron chi connectivity index (χ3n) is 4.13. The van der Waals surface area contributed by atoms with Crippen molar-refractivity contribution in [3.8, 4) is 6.07 Å². The Balaban J connectivity index is 1.74. The van der Waals surface area contributed by atoms with E-state index in [1.165, 1.54) is 12.1 Å². The van der Waals surface area contributed by atoms with E-state index in [2.05, 4.69) is 4.98 Å². The minimum Gasteiger partial charge on any atom is -0.369 e. The van der Waals surface area contributed by atoms with Gasteiger partial charge in [-0.25, -0.2) is 4.39 Å².